The van der Waals surface area contributed by atoms with Gasteiger partial charge in [-0.05, 0) is 69.3 Å². The summed E-state index contributed by atoms with van der Waals surface area (Å²) in [5.41, 5.74) is 1.91. The second-order valence-corrected chi connectivity index (χ2v) is 6.39. The minimum Gasteiger partial charge on any atom is -0.335 e. The van der Waals surface area contributed by atoms with Crippen LogP contribution in [-0.2, 0) is 0 Å². The Morgan fingerprint density at radius 3 is 2.33 bits per heavy atom. The van der Waals surface area contributed by atoms with Crippen LogP contribution in [0, 0.1) is 6.92 Å². The maximum absolute atomic E-state index is 11.9. The standard InChI is InChI=1S/C13H16Br2N2O/c1-8-6-10(14)12(11(15)7-8)17-13(18)16-9-4-2-3-5-9/h6-7,9H,2-5H2,1H3,(H2,16,17,18). The van der Waals surface area contributed by atoms with Crippen molar-refractivity contribution in [2.24, 2.45) is 0 Å². The molecule has 1 fully saturated rings. The second-order valence-electron chi connectivity index (χ2n) is 4.68. The van der Waals surface area contributed by atoms with E-state index in [9.17, 15) is 4.79 Å². The predicted molar refractivity (Wildman–Crippen MR) is 81.0 cm³/mol. The summed E-state index contributed by atoms with van der Waals surface area (Å²) in [7, 11) is 0. The van der Waals surface area contributed by atoms with Crippen molar-refractivity contribution >= 4 is 43.6 Å². The fourth-order valence-corrected chi connectivity index (χ4v) is 3.84. The van der Waals surface area contributed by atoms with Gasteiger partial charge < -0.3 is 10.6 Å². The molecular formula is C13H16Br2N2O. The Morgan fingerprint density at radius 2 is 1.78 bits per heavy atom. The molecule has 1 aliphatic carbocycles. The van der Waals surface area contributed by atoms with E-state index in [2.05, 4.69) is 42.5 Å². The van der Waals surface area contributed by atoms with Gasteiger partial charge in [-0.3, -0.25) is 0 Å². The van der Waals surface area contributed by atoms with Gasteiger partial charge in [0.2, 0.25) is 0 Å². The Labute approximate surface area is 124 Å². The van der Waals surface area contributed by atoms with Crippen LogP contribution < -0.4 is 10.6 Å². The smallest absolute Gasteiger partial charge is 0.319 e. The Kier molecular flexibility index (Phi) is 4.67. The highest BCUT2D eigenvalue weighted by Crippen LogP contribution is 2.32. The number of benzene rings is 1. The van der Waals surface area contributed by atoms with Crippen LogP contribution >= 0.6 is 31.9 Å². The Hall–Kier alpha value is -0.550. The number of urea groups is 1. The van der Waals surface area contributed by atoms with E-state index in [4.69, 9.17) is 0 Å². The number of carbonyl (C=O) groups is 1. The molecule has 1 aromatic carbocycles. The van der Waals surface area contributed by atoms with E-state index < -0.39 is 0 Å². The molecule has 0 heterocycles. The molecule has 0 radical (unpaired) electrons. The van der Waals surface area contributed by atoms with Crippen LogP contribution in [0.1, 0.15) is 31.2 Å². The summed E-state index contributed by atoms with van der Waals surface area (Å²) < 4.78 is 1.77. The Balaban J connectivity index is 2.02. The van der Waals surface area contributed by atoms with Gasteiger partial charge in [-0.25, -0.2) is 4.79 Å². The molecular weight excluding hydrogens is 360 g/mol. The number of hydrogen-bond donors (Lipinski definition) is 2. The number of nitrogens with one attached hydrogen (secondary N) is 2. The zero-order valence-corrected chi connectivity index (χ0v) is 13.4. The molecule has 0 atom stereocenters. The van der Waals surface area contributed by atoms with Gasteiger partial charge in [-0.1, -0.05) is 12.8 Å². The molecule has 1 aliphatic rings. The summed E-state index contributed by atoms with van der Waals surface area (Å²) in [4.78, 5) is 11.9. The van der Waals surface area contributed by atoms with Crippen molar-refractivity contribution in [1.29, 1.82) is 0 Å². The van der Waals surface area contributed by atoms with Crippen molar-refractivity contribution in [2.75, 3.05) is 5.32 Å². The average Bonchev–Trinajstić information content (AvgIpc) is 2.76. The average molecular weight is 376 g/mol. The molecule has 0 aromatic heterocycles. The van der Waals surface area contributed by atoms with Crippen molar-refractivity contribution in [3.8, 4) is 0 Å². The molecule has 0 spiro atoms. The lowest BCUT2D eigenvalue weighted by atomic mass is 10.2. The molecule has 0 aliphatic heterocycles. The lowest BCUT2D eigenvalue weighted by molar-refractivity contribution is 0.248. The van der Waals surface area contributed by atoms with Crippen molar-refractivity contribution in [1.82, 2.24) is 5.32 Å². The van der Waals surface area contributed by atoms with E-state index in [1.54, 1.807) is 0 Å². The molecule has 0 bridgehead atoms. The summed E-state index contributed by atoms with van der Waals surface area (Å²) in [6.07, 6.45) is 4.60. The zero-order valence-electron chi connectivity index (χ0n) is 10.2. The maximum atomic E-state index is 11.9. The number of amides is 2. The van der Waals surface area contributed by atoms with Crippen LogP contribution in [0.3, 0.4) is 0 Å². The van der Waals surface area contributed by atoms with Crippen LogP contribution in [0.2, 0.25) is 0 Å². The van der Waals surface area contributed by atoms with Crippen LogP contribution in [0.4, 0.5) is 10.5 Å². The minimum absolute atomic E-state index is 0.132. The highest BCUT2D eigenvalue weighted by atomic mass is 79.9. The Bertz CT molecular complexity index is 433. The summed E-state index contributed by atoms with van der Waals surface area (Å²) in [6.45, 7) is 2.01. The number of hydrogen-bond acceptors (Lipinski definition) is 1. The quantitative estimate of drug-likeness (QED) is 0.780. The number of aryl methyl sites for hydroxylation is 1. The number of anilines is 1. The van der Waals surface area contributed by atoms with Crippen molar-refractivity contribution < 1.29 is 4.79 Å². The van der Waals surface area contributed by atoms with Crippen molar-refractivity contribution in [3.63, 3.8) is 0 Å². The van der Waals surface area contributed by atoms with E-state index >= 15 is 0 Å². The topological polar surface area (TPSA) is 41.1 Å². The molecule has 0 saturated heterocycles. The van der Waals surface area contributed by atoms with Gasteiger partial charge in [0.05, 0.1) is 5.69 Å². The monoisotopic (exact) mass is 374 g/mol. The third kappa shape index (κ3) is 3.48. The van der Waals surface area contributed by atoms with E-state index in [0.29, 0.717) is 6.04 Å². The first kappa shape index (κ1) is 13.9. The molecule has 2 rings (SSSR count). The van der Waals surface area contributed by atoms with E-state index in [-0.39, 0.29) is 6.03 Å². The van der Waals surface area contributed by atoms with Crippen LogP contribution in [0.25, 0.3) is 0 Å². The van der Waals surface area contributed by atoms with Crippen molar-refractivity contribution in [3.05, 3.63) is 26.6 Å². The third-order valence-electron chi connectivity index (χ3n) is 3.12. The molecule has 98 valence electrons. The Morgan fingerprint density at radius 1 is 1.22 bits per heavy atom. The van der Waals surface area contributed by atoms with Gasteiger partial charge in [0.25, 0.3) is 0 Å². The maximum Gasteiger partial charge on any atom is 0.319 e. The van der Waals surface area contributed by atoms with Gasteiger partial charge in [0.1, 0.15) is 0 Å². The molecule has 1 saturated carbocycles. The highest BCUT2D eigenvalue weighted by molar-refractivity contribution is 9.11. The van der Waals surface area contributed by atoms with Gasteiger partial charge in [-0.2, -0.15) is 0 Å². The molecule has 3 nitrogen and oxygen atoms in total. The van der Waals surface area contributed by atoms with Gasteiger partial charge >= 0.3 is 6.03 Å². The van der Waals surface area contributed by atoms with E-state index in [1.807, 2.05) is 19.1 Å². The third-order valence-corrected chi connectivity index (χ3v) is 4.37. The first-order chi connectivity index (χ1) is 8.56. The summed E-state index contributed by atoms with van der Waals surface area (Å²) in [6, 6.07) is 4.16. The van der Waals surface area contributed by atoms with Gasteiger partial charge in [-0.15, -0.1) is 0 Å². The van der Waals surface area contributed by atoms with Gasteiger partial charge in [0.15, 0.2) is 0 Å². The van der Waals surface area contributed by atoms with Gasteiger partial charge in [0, 0.05) is 15.0 Å². The number of rotatable bonds is 2. The SMILES string of the molecule is Cc1cc(Br)c(NC(=O)NC2CCCC2)c(Br)c1. The first-order valence-corrected chi connectivity index (χ1v) is 7.68. The van der Waals surface area contributed by atoms with Crippen LogP contribution in [0.5, 0.6) is 0 Å². The molecule has 1 aromatic rings. The lowest BCUT2D eigenvalue weighted by Crippen LogP contribution is -2.36. The minimum atomic E-state index is -0.132. The molecule has 2 amide bonds. The molecule has 18 heavy (non-hydrogen) atoms. The fraction of sp³-hybridized carbons (Fsp3) is 0.462. The zero-order chi connectivity index (χ0) is 13.1. The predicted octanol–water partition coefficient (Wildman–Crippen LogP) is 4.58. The fourth-order valence-electron chi connectivity index (χ4n) is 2.22. The van der Waals surface area contributed by atoms with Crippen LogP contribution in [-0.4, -0.2) is 12.1 Å². The number of carbonyl (C=O) groups excluding carboxylic acids is 1. The van der Waals surface area contributed by atoms with Crippen LogP contribution in [0.15, 0.2) is 21.1 Å². The molecule has 0 unspecified atom stereocenters. The number of halogens is 2. The van der Waals surface area contributed by atoms with E-state index in [0.717, 1.165) is 33.0 Å². The normalized spacial score (nSPS) is 15.7. The summed E-state index contributed by atoms with van der Waals surface area (Å²) in [5, 5.41) is 5.89. The summed E-state index contributed by atoms with van der Waals surface area (Å²) >= 11 is 6.93. The first-order valence-electron chi connectivity index (χ1n) is 6.09. The van der Waals surface area contributed by atoms with Crippen molar-refractivity contribution in [2.45, 2.75) is 38.6 Å². The molecule has 2 N–H and O–H groups in total. The largest absolute Gasteiger partial charge is 0.335 e. The second kappa shape index (κ2) is 6.06. The highest BCUT2D eigenvalue weighted by Gasteiger charge is 2.18. The summed E-state index contributed by atoms with van der Waals surface area (Å²) in [5.74, 6) is 0. The molecule has 5 heteroatoms. The lowest BCUT2D eigenvalue weighted by Gasteiger charge is -2.15. The van der Waals surface area contributed by atoms with E-state index in [1.165, 1.54) is 12.8 Å².